The lowest BCUT2D eigenvalue weighted by molar-refractivity contribution is -0.155. The van der Waals surface area contributed by atoms with Gasteiger partial charge in [-0.25, -0.2) is 4.79 Å². The van der Waals surface area contributed by atoms with Crippen molar-refractivity contribution >= 4 is 18.0 Å². The number of nitrogens with zero attached hydrogens (tertiary/aromatic N) is 1. The number of hydrogen-bond donors (Lipinski definition) is 1. The van der Waals surface area contributed by atoms with E-state index in [0.717, 1.165) is 27.8 Å². The maximum absolute atomic E-state index is 14.2. The van der Waals surface area contributed by atoms with E-state index < -0.39 is 23.2 Å². The molecule has 3 aromatic carbocycles. The molecule has 0 saturated carbocycles. The Labute approximate surface area is 255 Å². The molecule has 1 aliphatic rings. The number of benzene rings is 3. The molecular weight excluding hydrogens is 540 g/mol. The zero-order chi connectivity index (χ0) is 31.4. The van der Waals surface area contributed by atoms with Crippen LogP contribution in [-0.2, 0) is 19.1 Å². The molecule has 2 atom stereocenters. The standard InChI is InChI=1S/C36H44N2O5/c1-24(25-15-9-8-10-16-25)38(22-21-31(39)43-36(5,6)7)33(40)32(35(2,3)4)37-34(41)42-23-30-28-19-13-11-17-26(28)27-18-12-14-20-29(27)30/h8-20,24,30,32H,21-23H2,1-7H3,(H,37,41)/t24-,32+/m0/s1. The molecule has 2 amide bonds. The molecular formula is C36H44N2O5. The Kier molecular flexibility index (Phi) is 9.63. The molecule has 0 fully saturated rings. The highest BCUT2D eigenvalue weighted by Crippen LogP contribution is 2.44. The Bertz CT molecular complexity index is 1390. The second kappa shape index (κ2) is 13.0. The Morgan fingerprint density at radius 2 is 1.35 bits per heavy atom. The van der Waals surface area contributed by atoms with Crippen molar-refractivity contribution in [1.29, 1.82) is 0 Å². The van der Waals surface area contributed by atoms with E-state index in [1.54, 1.807) is 4.90 Å². The molecule has 228 valence electrons. The maximum atomic E-state index is 14.2. The summed E-state index contributed by atoms with van der Waals surface area (Å²) >= 11 is 0. The number of carbonyl (C=O) groups is 3. The van der Waals surface area contributed by atoms with Crippen LogP contribution >= 0.6 is 0 Å². The minimum atomic E-state index is -0.895. The number of rotatable bonds is 9. The summed E-state index contributed by atoms with van der Waals surface area (Å²) in [4.78, 5) is 41.8. The van der Waals surface area contributed by atoms with E-state index >= 15 is 0 Å². The molecule has 1 N–H and O–H groups in total. The molecule has 7 heteroatoms. The van der Waals surface area contributed by atoms with Crippen LogP contribution in [0.15, 0.2) is 78.9 Å². The molecule has 7 nitrogen and oxygen atoms in total. The number of fused-ring (bicyclic) bond motifs is 3. The van der Waals surface area contributed by atoms with Gasteiger partial charge < -0.3 is 19.7 Å². The van der Waals surface area contributed by atoms with Gasteiger partial charge in [0.05, 0.1) is 12.5 Å². The Morgan fingerprint density at radius 1 is 0.814 bits per heavy atom. The van der Waals surface area contributed by atoms with Crippen LogP contribution in [-0.4, -0.2) is 47.7 Å². The number of carbonyl (C=O) groups excluding carboxylic acids is 3. The van der Waals surface area contributed by atoms with Gasteiger partial charge in [-0.05, 0) is 60.9 Å². The Balaban J connectivity index is 1.51. The zero-order valence-electron chi connectivity index (χ0n) is 26.3. The van der Waals surface area contributed by atoms with E-state index in [1.165, 1.54) is 0 Å². The van der Waals surface area contributed by atoms with Crippen molar-refractivity contribution in [2.75, 3.05) is 13.2 Å². The van der Waals surface area contributed by atoms with E-state index in [1.807, 2.05) is 103 Å². The fourth-order valence-corrected chi connectivity index (χ4v) is 5.58. The van der Waals surface area contributed by atoms with Crippen molar-refractivity contribution in [3.63, 3.8) is 0 Å². The summed E-state index contributed by atoms with van der Waals surface area (Å²) in [6.07, 6.45) is -0.628. The first-order valence-corrected chi connectivity index (χ1v) is 14.9. The lowest BCUT2D eigenvalue weighted by Gasteiger charge is -2.37. The summed E-state index contributed by atoms with van der Waals surface area (Å²) in [6.45, 7) is 13.4. The topological polar surface area (TPSA) is 84.9 Å². The predicted octanol–water partition coefficient (Wildman–Crippen LogP) is 7.26. The SMILES string of the molecule is C[C@@H](c1ccccc1)N(CCC(=O)OC(C)(C)C)C(=O)[C@@H](NC(=O)OCC1c2ccccc2-c2ccccc21)C(C)(C)C. The van der Waals surface area contributed by atoms with Crippen molar-refractivity contribution in [3.8, 4) is 11.1 Å². The molecule has 0 aromatic heterocycles. The third-order valence-corrected chi connectivity index (χ3v) is 7.73. The third kappa shape index (κ3) is 7.83. The predicted molar refractivity (Wildman–Crippen MR) is 168 cm³/mol. The highest BCUT2D eigenvalue weighted by molar-refractivity contribution is 5.87. The largest absolute Gasteiger partial charge is 0.460 e. The molecule has 4 rings (SSSR count). The normalized spacial score (nSPS) is 14.2. The van der Waals surface area contributed by atoms with Crippen molar-refractivity contribution in [1.82, 2.24) is 10.2 Å². The van der Waals surface area contributed by atoms with Crippen LogP contribution in [0.5, 0.6) is 0 Å². The number of ether oxygens (including phenoxy) is 2. The summed E-state index contributed by atoms with van der Waals surface area (Å²) < 4.78 is 11.3. The minimum Gasteiger partial charge on any atom is -0.460 e. The summed E-state index contributed by atoms with van der Waals surface area (Å²) in [6, 6.07) is 24.7. The van der Waals surface area contributed by atoms with Crippen LogP contribution < -0.4 is 5.32 Å². The van der Waals surface area contributed by atoms with Gasteiger partial charge in [0.1, 0.15) is 18.2 Å². The van der Waals surface area contributed by atoms with Gasteiger partial charge in [-0.1, -0.05) is 99.6 Å². The number of hydrogen-bond acceptors (Lipinski definition) is 5. The second-order valence-corrected chi connectivity index (χ2v) is 13.2. The molecule has 0 bridgehead atoms. The van der Waals surface area contributed by atoms with Crippen molar-refractivity contribution in [3.05, 3.63) is 95.6 Å². The van der Waals surface area contributed by atoms with Crippen LogP contribution in [0.3, 0.4) is 0 Å². The van der Waals surface area contributed by atoms with Crippen LogP contribution in [0.1, 0.15) is 83.5 Å². The quantitative estimate of drug-likeness (QED) is 0.268. The van der Waals surface area contributed by atoms with Crippen LogP contribution in [0, 0.1) is 5.41 Å². The van der Waals surface area contributed by atoms with E-state index in [-0.39, 0.29) is 43.4 Å². The van der Waals surface area contributed by atoms with Crippen LogP contribution in [0.2, 0.25) is 0 Å². The molecule has 0 saturated heterocycles. The lowest BCUT2D eigenvalue weighted by Crippen LogP contribution is -2.55. The van der Waals surface area contributed by atoms with Gasteiger partial charge in [-0.3, -0.25) is 9.59 Å². The fraction of sp³-hybridized carbons (Fsp3) is 0.417. The van der Waals surface area contributed by atoms with Gasteiger partial charge in [0, 0.05) is 12.5 Å². The minimum absolute atomic E-state index is 0.0298. The second-order valence-electron chi connectivity index (χ2n) is 13.2. The number of nitrogens with one attached hydrogen (secondary N) is 1. The highest BCUT2D eigenvalue weighted by atomic mass is 16.6. The van der Waals surface area contributed by atoms with Gasteiger partial charge in [0.25, 0.3) is 0 Å². The summed E-state index contributed by atoms with van der Waals surface area (Å²) in [5.41, 5.74) is 4.18. The number of esters is 1. The van der Waals surface area contributed by atoms with Gasteiger partial charge in [-0.15, -0.1) is 0 Å². The molecule has 0 spiro atoms. The summed E-state index contributed by atoms with van der Waals surface area (Å²) in [5.74, 6) is -0.770. The van der Waals surface area contributed by atoms with Crippen molar-refractivity contribution in [2.45, 2.75) is 78.5 Å². The van der Waals surface area contributed by atoms with Crippen LogP contribution in [0.25, 0.3) is 11.1 Å². The monoisotopic (exact) mass is 584 g/mol. The van der Waals surface area contributed by atoms with Gasteiger partial charge in [-0.2, -0.15) is 0 Å². The van der Waals surface area contributed by atoms with Crippen molar-refractivity contribution in [2.24, 2.45) is 5.41 Å². The average molecular weight is 585 g/mol. The molecule has 0 unspecified atom stereocenters. The van der Waals surface area contributed by atoms with Gasteiger partial charge in [0.15, 0.2) is 0 Å². The third-order valence-electron chi connectivity index (χ3n) is 7.73. The average Bonchev–Trinajstić information content (AvgIpc) is 3.27. The Hall–Kier alpha value is -4.13. The maximum Gasteiger partial charge on any atom is 0.407 e. The number of amides is 2. The first kappa shape index (κ1) is 31.8. The van der Waals surface area contributed by atoms with E-state index in [0.29, 0.717) is 0 Å². The first-order chi connectivity index (χ1) is 20.3. The molecule has 0 aliphatic heterocycles. The molecule has 0 heterocycles. The van der Waals surface area contributed by atoms with E-state index in [2.05, 4.69) is 29.6 Å². The van der Waals surface area contributed by atoms with Crippen LogP contribution in [0.4, 0.5) is 4.79 Å². The smallest absolute Gasteiger partial charge is 0.407 e. The van der Waals surface area contributed by atoms with Gasteiger partial charge >= 0.3 is 12.1 Å². The summed E-state index contributed by atoms with van der Waals surface area (Å²) in [7, 11) is 0. The molecule has 3 aromatic rings. The highest BCUT2D eigenvalue weighted by Gasteiger charge is 2.38. The van der Waals surface area contributed by atoms with Gasteiger partial charge in [0.2, 0.25) is 5.91 Å². The lowest BCUT2D eigenvalue weighted by atomic mass is 9.85. The molecule has 0 radical (unpaired) electrons. The van der Waals surface area contributed by atoms with E-state index in [9.17, 15) is 14.4 Å². The fourth-order valence-electron chi connectivity index (χ4n) is 5.58. The number of alkyl carbamates (subject to hydrolysis) is 1. The zero-order valence-corrected chi connectivity index (χ0v) is 26.3. The molecule has 43 heavy (non-hydrogen) atoms. The summed E-state index contributed by atoms with van der Waals surface area (Å²) in [5, 5.41) is 2.87. The van der Waals surface area contributed by atoms with E-state index in [4.69, 9.17) is 9.47 Å². The Morgan fingerprint density at radius 3 is 1.88 bits per heavy atom. The van der Waals surface area contributed by atoms with Crippen molar-refractivity contribution < 1.29 is 23.9 Å². The molecule has 1 aliphatic carbocycles. The first-order valence-electron chi connectivity index (χ1n) is 14.9.